The lowest BCUT2D eigenvalue weighted by Crippen LogP contribution is -2.29. The number of terminal acetylenes is 1. The lowest BCUT2D eigenvalue weighted by atomic mass is 9.87. The first-order valence-electron chi connectivity index (χ1n) is 17.8. The van der Waals surface area contributed by atoms with E-state index in [1.807, 2.05) is 0 Å². The molecule has 52 heavy (non-hydrogen) atoms. The summed E-state index contributed by atoms with van der Waals surface area (Å²) in [6, 6.07) is 51.1. The maximum absolute atomic E-state index is 5.40. The van der Waals surface area contributed by atoms with Gasteiger partial charge in [0.15, 0.2) is 0 Å². The monoisotopic (exact) mass is 664 g/mol. The molecule has 0 fully saturated rings. The number of imidazole rings is 1. The topological polar surface area (TPSA) is 17.3 Å². The third-order valence-electron chi connectivity index (χ3n) is 10.4. The molecule has 8 aromatic carbocycles. The van der Waals surface area contributed by atoms with Crippen molar-refractivity contribution >= 4 is 82.7 Å². The van der Waals surface area contributed by atoms with Crippen LogP contribution in [0.1, 0.15) is 20.8 Å². The summed E-state index contributed by atoms with van der Waals surface area (Å²) in [5.74, 6) is 2.25. The van der Waals surface area contributed by atoms with Gasteiger partial charge >= 0.3 is 0 Å². The fourth-order valence-electron chi connectivity index (χ4n) is 8.28. The number of pyridine rings is 1. The van der Waals surface area contributed by atoms with E-state index in [0.717, 1.165) is 27.8 Å². The highest BCUT2D eigenvalue weighted by Gasteiger charge is 2.21. The van der Waals surface area contributed by atoms with Crippen molar-refractivity contribution in [1.82, 2.24) is 9.38 Å². The fraction of sp³-hybridized carbons (Fsp3) is 0.0600. The minimum Gasteiger partial charge on any atom is -0.299 e. The van der Waals surface area contributed by atoms with Gasteiger partial charge in [-0.1, -0.05) is 133 Å². The first-order chi connectivity index (χ1) is 25.6. The largest absolute Gasteiger partial charge is 0.299 e. The van der Waals surface area contributed by atoms with Gasteiger partial charge in [0.25, 0.3) is 0 Å². The van der Waals surface area contributed by atoms with Crippen molar-refractivity contribution in [1.29, 1.82) is 0 Å². The van der Waals surface area contributed by atoms with E-state index in [1.54, 1.807) is 6.92 Å². The third kappa shape index (κ3) is 4.78. The lowest BCUT2D eigenvalue weighted by molar-refractivity contribution is 1.23. The summed E-state index contributed by atoms with van der Waals surface area (Å²) < 4.78 is 2.28. The zero-order valence-electron chi connectivity index (χ0n) is 29.5. The molecule has 0 N–H and O–H groups in total. The third-order valence-corrected chi connectivity index (χ3v) is 10.4. The van der Waals surface area contributed by atoms with E-state index in [4.69, 9.17) is 4.98 Å². The summed E-state index contributed by atoms with van der Waals surface area (Å²) in [6.07, 6.45) is 11.3. The number of fused-ring (bicyclic) bond motifs is 4. The number of hydrogen-bond acceptors (Lipinski definition) is 1. The quantitative estimate of drug-likeness (QED) is 0.133. The Morgan fingerprint density at radius 3 is 1.92 bits per heavy atom. The van der Waals surface area contributed by atoms with Crippen LogP contribution >= 0.6 is 0 Å². The molecule has 0 saturated heterocycles. The molecule has 0 saturated carbocycles. The van der Waals surface area contributed by atoms with Gasteiger partial charge in [-0.05, 0) is 114 Å². The summed E-state index contributed by atoms with van der Waals surface area (Å²) in [6.45, 7) is 5.98. The number of nitrogens with zero attached hydrogens (tertiary/aromatic N) is 2. The van der Waals surface area contributed by atoms with Crippen molar-refractivity contribution in [3.05, 3.63) is 156 Å². The molecule has 0 aliphatic carbocycles. The van der Waals surface area contributed by atoms with Crippen molar-refractivity contribution in [2.75, 3.05) is 0 Å². The van der Waals surface area contributed by atoms with E-state index in [2.05, 4.69) is 188 Å². The molecule has 2 aromatic heterocycles. The second-order valence-electron chi connectivity index (χ2n) is 13.3. The molecule has 2 nitrogen and oxygen atoms in total. The van der Waals surface area contributed by atoms with Crippen LogP contribution in [0.2, 0.25) is 0 Å². The van der Waals surface area contributed by atoms with Crippen molar-refractivity contribution in [3.63, 3.8) is 0 Å². The predicted octanol–water partition coefficient (Wildman–Crippen LogP) is 11.8. The zero-order valence-corrected chi connectivity index (χ0v) is 29.5. The van der Waals surface area contributed by atoms with Gasteiger partial charge in [-0.3, -0.25) is 4.40 Å². The Morgan fingerprint density at radius 1 is 0.577 bits per heavy atom. The minimum absolute atomic E-state index is 0.937. The summed E-state index contributed by atoms with van der Waals surface area (Å²) in [7, 11) is 0. The Hall–Kier alpha value is -6.69. The zero-order chi connectivity index (χ0) is 35.3. The Labute approximate surface area is 302 Å². The first-order valence-corrected chi connectivity index (χ1v) is 17.8. The Morgan fingerprint density at radius 2 is 1.17 bits per heavy atom. The molecule has 0 aliphatic heterocycles. The van der Waals surface area contributed by atoms with Gasteiger partial charge in [0.1, 0.15) is 5.65 Å². The normalized spacial score (nSPS) is 12.3. The summed E-state index contributed by atoms with van der Waals surface area (Å²) in [5, 5.41) is 15.1. The average Bonchev–Trinajstić information content (AvgIpc) is 3.57. The van der Waals surface area contributed by atoms with Gasteiger partial charge in [-0.25, -0.2) is 4.98 Å². The maximum atomic E-state index is 5.40. The molecule has 0 amide bonds. The molecule has 2 heteroatoms. The highest BCUT2D eigenvalue weighted by molar-refractivity contribution is 6.26. The Balaban J connectivity index is 0.00000116. The first kappa shape index (κ1) is 31.3. The second-order valence-corrected chi connectivity index (χ2v) is 13.3. The summed E-state index contributed by atoms with van der Waals surface area (Å²) in [4.78, 5) is 5.40. The van der Waals surface area contributed by atoms with Gasteiger partial charge < -0.3 is 0 Å². The molecular weight excluding hydrogens is 629 g/mol. The summed E-state index contributed by atoms with van der Waals surface area (Å²) in [5.41, 5.74) is 7.78. The van der Waals surface area contributed by atoms with Crippen LogP contribution in [0.5, 0.6) is 0 Å². The van der Waals surface area contributed by atoms with Crippen molar-refractivity contribution in [2.45, 2.75) is 20.8 Å². The number of aromatic nitrogens is 2. The van der Waals surface area contributed by atoms with E-state index in [-0.39, 0.29) is 0 Å². The van der Waals surface area contributed by atoms with Crippen molar-refractivity contribution in [2.24, 2.45) is 0 Å². The average molecular weight is 665 g/mol. The molecule has 10 rings (SSSR count). The van der Waals surface area contributed by atoms with Crippen molar-refractivity contribution < 1.29 is 0 Å². The standard InChI is InChI=1S/C47H32N2.C3H4/c1-3-36-37(4-2)45(39-26-24-35-22-21-32-13-9-14-33-23-25-38(39)43(35)42(32)33)47-46(48-41-16-5-6-27-49(41)47)44(36)34-15-8-11-30-10-7-12-31-19-17-29(18-20-34)28-40(30)31;1-3-2/h3-28H,1-2H3;1H,2H3/b11-8?,15-8?,20-18?,29-18?,30-11?,34-15?,34-20?,36-3+,37-4+;. The van der Waals surface area contributed by atoms with E-state index >= 15 is 0 Å². The second kappa shape index (κ2) is 12.6. The van der Waals surface area contributed by atoms with E-state index in [9.17, 15) is 0 Å². The lowest BCUT2D eigenvalue weighted by Gasteiger charge is -2.17. The van der Waals surface area contributed by atoms with Crippen LogP contribution in [0.25, 0.3) is 105 Å². The predicted molar refractivity (Wildman–Crippen MR) is 225 cm³/mol. The molecule has 2 bridgehead atoms. The Bertz CT molecular complexity index is 3210. The highest BCUT2D eigenvalue weighted by Crippen LogP contribution is 2.41. The summed E-state index contributed by atoms with van der Waals surface area (Å²) >= 11 is 0. The van der Waals surface area contributed by atoms with Gasteiger partial charge in [0.2, 0.25) is 0 Å². The molecule has 0 atom stereocenters. The van der Waals surface area contributed by atoms with Gasteiger partial charge in [-0.15, -0.1) is 12.3 Å². The van der Waals surface area contributed by atoms with Crippen LogP contribution in [0, 0.1) is 12.3 Å². The molecular formula is C50H36N2. The van der Waals surface area contributed by atoms with Crippen LogP contribution in [0.15, 0.2) is 146 Å². The minimum atomic E-state index is 0.937. The fourth-order valence-corrected chi connectivity index (χ4v) is 8.28. The van der Waals surface area contributed by atoms with E-state index in [1.165, 1.54) is 75.4 Å². The van der Waals surface area contributed by atoms with Crippen LogP contribution in [0.4, 0.5) is 0 Å². The molecule has 0 radical (unpaired) electrons. The molecule has 0 unspecified atom stereocenters. The van der Waals surface area contributed by atoms with Gasteiger partial charge in [0.05, 0.1) is 11.0 Å². The van der Waals surface area contributed by atoms with Crippen LogP contribution in [-0.4, -0.2) is 9.38 Å². The smallest absolute Gasteiger partial charge is 0.137 e. The maximum Gasteiger partial charge on any atom is 0.137 e. The number of hydrogen-bond donors (Lipinski definition) is 0. The molecule has 2 heterocycles. The van der Waals surface area contributed by atoms with E-state index < -0.39 is 0 Å². The SMILES string of the molecule is C#CC.C/C=c1/c(-c2cccc3cccc4ccc(cc2)cc34)c2nc3ccccn3c2c(-c2ccc3ccc4cccc5ccc2c3c45)/c1=C/C. The molecule has 10 aromatic rings. The van der Waals surface area contributed by atoms with Crippen LogP contribution in [0.3, 0.4) is 0 Å². The molecule has 0 aliphatic rings. The van der Waals surface area contributed by atoms with Crippen LogP contribution in [-0.2, 0) is 0 Å². The van der Waals surface area contributed by atoms with Crippen LogP contribution < -0.4 is 10.4 Å². The van der Waals surface area contributed by atoms with E-state index in [0.29, 0.717) is 0 Å². The Kier molecular flexibility index (Phi) is 7.57. The number of rotatable bonds is 2. The van der Waals surface area contributed by atoms with Crippen molar-refractivity contribution in [3.8, 4) is 34.6 Å². The van der Waals surface area contributed by atoms with Gasteiger partial charge in [-0.2, -0.15) is 0 Å². The molecule has 246 valence electrons. The molecule has 0 spiro atoms. The van der Waals surface area contributed by atoms with Gasteiger partial charge in [0, 0.05) is 17.3 Å². The number of benzene rings is 7. The highest BCUT2D eigenvalue weighted by atomic mass is 15.0.